The summed E-state index contributed by atoms with van der Waals surface area (Å²) in [5.74, 6) is -0.513. The molecule has 1 aromatic heterocycles. The zero-order chi connectivity index (χ0) is 12.8. The summed E-state index contributed by atoms with van der Waals surface area (Å²) in [6.45, 7) is 5.99. The maximum absolute atomic E-state index is 13.4. The quantitative estimate of drug-likeness (QED) is 0.279. The minimum Gasteiger partial charge on any atom is -0.366 e. The molecule has 6 nitrogen and oxygen atoms in total. The maximum atomic E-state index is 13.4. The lowest BCUT2D eigenvalue weighted by Gasteiger charge is -2.08. The fourth-order valence-corrected chi connectivity index (χ4v) is 1.02. The van der Waals surface area contributed by atoms with Crippen molar-refractivity contribution in [2.24, 2.45) is 0 Å². The molecule has 0 aliphatic rings. The summed E-state index contributed by atoms with van der Waals surface area (Å²) in [4.78, 5) is 14.3. The summed E-state index contributed by atoms with van der Waals surface area (Å²) in [6.07, 6.45) is 0. The van der Waals surface area contributed by atoms with Gasteiger partial charge in [0.15, 0.2) is 0 Å². The average Bonchev–Trinajstić information content (AvgIpc) is 2.29. The van der Waals surface area contributed by atoms with Crippen molar-refractivity contribution in [3.05, 3.63) is 30.2 Å². The van der Waals surface area contributed by atoms with Crippen LogP contribution in [0, 0.1) is 5.95 Å². The monoisotopic (exact) mass is 240 g/mol. The third kappa shape index (κ3) is 4.07. The highest BCUT2D eigenvalue weighted by Crippen LogP contribution is 2.14. The first-order valence-electron chi connectivity index (χ1n) is 4.79. The van der Waals surface area contributed by atoms with Crippen molar-refractivity contribution < 1.29 is 14.4 Å². The number of halogens is 1. The van der Waals surface area contributed by atoms with Crippen LogP contribution in [0.1, 0.15) is 6.92 Å². The number of pyridine rings is 1. The Balaban J connectivity index is 2.72. The number of rotatable bonds is 4. The molecule has 17 heavy (non-hydrogen) atoms. The second-order valence-corrected chi connectivity index (χ2v) is 3.41. The highest BCUT2D eigenvalue weighted by atomic mass is 19.1. The molecule has 7 heteroatoms. The molecule has 92 valence electrons. The molecule has 0 bridgehead atoms. The Morgan fingerprint density at radius 3 is 2.82 bits per heavy atom. The van der Waals surface area contributed by atoms with Crippen LogP contribution in [0.5, 0.6) is 0 Å². The van der Waals surface area contributed by atoms with Crippen LogP contribution in [0.15, 0.2) is 24.3 Å². The standard InChI is InChI=1S/C10H13FN4O2/c1-6(2)5-12-8-4-3-7(9(11)14-8)13-10(16)15-17/h3-4,17H,1,5H2,2H3,(H,12,14)(H2,13,15,16). The molecule has 1 aromatic rings. The van der Waals surface area contributed by atoms with E-state index in [1.807, 2.05) is 6.92 Å². The number of nitrogens with one attached hydrogen (secondary N) is 3. The zero-order valence-electron chi connectivity index (χ0n) is 9.25. The van der Waals surface area contributed by atoms with Crippen molar-refractivity contribution in [3.8, 4) is 0 Å². The number of hydrogen-bond donors (Lipinski definition) is 4. The van der Waals surface area contributed by atoms with Crippen LogP contribution in [-0.2, 0) is 0 Å². The van der Waals surface area contributed by atoms with Crippen LogP contribution in [-0.4, -0.2) is 22.8 Å². The molecule has 0 saturated heterocycles. The minimum absolute atomic E-state index is 0.127. The first kappa shape index (κ1) is 12.9. The van der Waals surface area contributed by atoms with Crippen molar-refractivity contribution in [2.45, 2.75) is 6.92 Å². The largest absolute Gasteiger partial charge is 0.366 e. The predicted molar refractivity (Wildman–Crippen MR) is 61.4 cm³/mol. The van der Waals surface area contributed by atoms with Gasteiger partial charge in [0.1, 0.15) is 5.82 Å². The average molecular weight is 240 g/mol. The Bertz CT molecular complexity index is 436. The summed E-state index contributed by atoms with van der Waals surface area (Å²) >= 11 is 0. The van der Waals surface area contributed by atoms with E-state index in [9.17, 15) is 9.18 Å². The summed E-state index contributed by atoms with van der Waals surface area (Å²) in [5, 5.41) is 13.2. The molecule has 0 aromatic carbocycles. The van der Waals surface area contributed by atoms with Gasteiger partial charge in [0.05, 0.1) is 5.69 Å². The normalized spacial score (nSPS) is 9.59. The molecule has 0 spiro atoms. The van der Waals surface area contributed by atoms with Crippen LogP contribution in [0.25, 0.3) is 0 Å². The minimum atomic E-state index is -0.937. The van der Waals surface area contributed by atoms with Gasteiger partial charge in [-0.3, -0.25) is 5.21 Å². The third-order valence-electron chi connectivity index (χ3n) is 1.77. The van der Waals surface area contributed by atoms with E-state index in [4.69, 9.17) is 5.21 Å². The molecule has 0 fully saturated rings. The lowest BCUT2D eigenvalue weighted by atomic mass is 10.3. The summed E-state index contributed by atoms with van der Waals surface area (Å²) < 4.78 is 13.4. The smallest absolute Gasteiger partial charge is 0.343 e. The highest BCUT2D eigenvalue weighted by molar-refractivity contribution is 5.88. The predicted octanol–water partition coefficient (Wildman–Crippen LogP) is 1.72. The first-order chi connectivity index (χ1) is 8.02. The van der Waals surface area contributed by atoms with Gasteiger partial charge in [0.2, 0.25) is 5.95 Å². The van der Waals surface area contributed by atoms with E-state index < -0.39 is 12.0 Å². The number of carbonyl (C=O) groups is 1. The molecule has 0 radical (unpaired) electrons. The summed E-state index contributed by atoms with van der Waals surface area (Å²) in [5.41, 5.74) is 2.08. The van der Waals surface area contributed by atoms with Gasteiger partial charge in [0, 0.05) is 6.54 Å². The van der Waals surface area contributed by atoms with Crippen LogP contribution in [0.3, 0.4) is 0 Å². The SMILES string of the molecule is C=C(C)CNc1ccc(NC(=O)NO)c(F)n1. The number of hydrogen-bond acceptors (Lipinski definition) is 4. The van der Waals surface area contributed by atoms with Crippen molar-refractivity contribution in [1.82, 2.24) is 10.5 Å². The maximum Gasteiger partial charge on any atom is 0.343 e. The van der Waals surface area contributed by atoms with Gasteiger partial charge in [0.25, 0.3) is 0 Å². The van der Waals surface area contributed by atoms with Gasteiger partial charge in [-0.25, -0.2) is 15.3 Å². The van der Waals surface area contributed by atoms with E-state index in [2.05, 4.69) is 22.2 Å². The second-order valence-electron chi connectivity index (χ2n) is 3.41. The fraction of sp³-hybridized carbons (Fsp3) is 0.200. The molecular weight excluding hydrogens is 227 g/mol. The molecular formula is C10H13FN4O2. The topological polar surface area (TPSA) is 86.3 Å². The Morgan fingerprint density at radius 2 is 2.29 bits per heavy atom. The van der Waals surface area contributed by atoms with Crippen LogP contribution < -0.4 is 16.1 Å². The lowest BCUT2D eigenvalue weighted by molar-refractivity contribution is 0.172. The number of urea groups is 1. The molecule has 0 aliphatic carbocycles. The Hall–Kier alpha value is -2.15. The zero-order valence-corrected chi connectivity index (χ0v) is 9.25. The Morgan fingerprint density at radius 1 is 1.59 bits per heavy atom. The van der Waals surface area contributed by atoms with E-state index in [0.29, 0.717) is 12.4 Å². The molecule has 0 saturated carbocycles. The molecule has 0 unspecified atom stereocenters. The van der Waals surface area contributed by atoms with Gasteiger partial charge < -0.3 is 10.6 Å². The number of amides is 2. The van der Waals surface area contributed by atoms with Gasteiger partial charge in [-0.05, 0) is 19.1 Å². The number of aromatic nitrogens is 1. The summed E-state index contributed by atoms with van der Waals surface area (Å²) in [7, 11) is 0. The summed E-state index contributed by atoms with van der Waals surface area (Å²) in [6, 6.07) is 1.89. The van der Waals surface area contributed by atoms with Gasteiger partial charge in [-0.15, -0.1) is 0 Å². The van der Waals surface area contributed by atoms with Crippen molar-refractivity contribution in [1.29, 1.82) is 0 Å². The number of anilines is 2. The molecule has 2 amide bonds. The van der Waals surface area contributed by atoms with E-state index in [0.717, 1.165) is 5.57 Å². The van der Waals surface area contributed by atoms with E-state index >= 15 is 0 Å². The third-order valence-corrected chi connectivity index (χ3v) is 1.77. The molecule has 1 heterocycles. The van der Waals surface area contributed by atoms with E-state index in [-0.39, 0.29) is 5.69 Å². The number of hydroxylamine groups is 1. The van der Waals surface area contributed by atoms with E-state index in [1.54, 1.807) is 0 Å². The molecule has 0 aliphatic heterocycles. The Labute approximate surface area is 97.5 Å². The van der Waals surface area contributed by atoms with Crippen molar-refractivity contribution in [2.75, 3.05) is 17.2 Å². The molecule has 4 N–H and O–H groups in total. The fourth-order valence-electron chi connectivity index (χ4n) is 1.02. The Kier molecular flexibility index (Phi) is 4.41. The van der Waals surface area contributed by atoms with Gasteiger partial charge in [-0.2, -0.15) is 4.39 Å². The first-order valence-corrected chi connectivity index (χ1v) is 4.79. The van der Waals surface area contributed by atoms with Gasteiger partial charge >= 0.3 is 6.03 Å². The van der Waals surface area contributed by atoms with E-state index in [1.165, 1.54) is 17.6 Å². The van der Waals surface area contributed by atoms with Crippen LogP contribution in [0.2, 0.25) is 0 Å². The van der Waals surface area contributed by atoms with Crippen LogP contribution in [0.4, 0.5) is 20.7 Å². The highest BCUT2D eigenvalue weighted by Gasteiger charge is 2.07. The van der Waals surface area contributed by atoms with Crippen LogP contribution >= 0.6 is 0 Å². The molecule has 0 atom stereocenters. The lowest BCUT2D eigenvalue weighted by Crippen LogP contribution is -2.25. The van der Waals surface area contributed by atoms with Crippen molar-refractivity contribution in [3.63, 3.8) is 0 Å². The van der Waals surface area contributed by atoms with Gasteiger partial charge in [-0.1, -0.05) is 12.2 Å². The number of nitrogens with zero attached hydrogens (tertiary/aromatic N) is 1. The molecule has 1 rings (SSSR count). The van der Waals surface area contributed by atoms with Crippen molar-refractivity contribution >= 4 is 17.5 Å². The second kappa shape index (κ2) is 5.80. The number of carbonyl (C=O) groups excluding carboxylic acids is 1.